The fourth-order valence-electron chi connectivity index (χ4n) is 2.11. The molecule has 1 aliphatic heterocycles. The number of nitrogens with one attached hydrogen (secondary N) is 4. The minimum absolute atomic E-state index is 0.112. The van der Waals surface area contributed by atoms with Gasteiger partial charge in [0.05, 0.1) is 12.6 Å². The van der Waals surface area contributed by atoms with Crippen molar-refractivity contribution < 1.29 is 9.53 Å². The number of thiocarbonyl (C=S) groups is 1. The number of carbonyl (C=O) groups is 1. The van der Waals surface area contributed by atoms with E-state index in [4.69, 9.17) is 28.6 Å². The fraction of sp³-hybridized carbons (Fsp3) is 0.467. The van der Waals surface area contributed by atoms with E-state index in [9.17, 15) is 4.79 Å². The largest absolute Gasteiger partial charge is 0.376 e. The molecule has 1 fully saturated rings. The van der Waals surface area contributed by atoms with Crippen LogP contribution in [0.3, 0.4) is 0 Å². The molecule has 1 unspecified atom stereocenters. The number of anilines is 1. The molecular weight excluding hydrogens is 336 g/mol. The van der Waals surface area contributed by atoms with Gasteiger partial charge < -0.3 is 15.4 Å². The van der Waals surface area contributed by atoms with Crippen LogP contribution in [-0.4, -0.2) is 36.8 Å². The minimum Gasteiger partial charge on any atom is -0.376 e. The summed E-state index contributed by atoms with van der Waals surface area (Å²) in [6.07, 6.45) is 2.31. The van der Waals surface area contributed by atoms with E-state index in [1.165, 1.54) is 0 Å². The van der Waals surface area contributed by atoms with Crippen molar-refractivity contribution in [3.8, 4) is 0 Å². The Labute approximate surface area is 146 Å². The van der Waals surface area contributed by atoms with Crippen LogP contribution in [0.25, 0.3) is 0 Å². The van der Waals surface area contributed by atoms with Crippen molar-refractivity contribution >= 4 is 40.5 Å². The van der Waals surface area contributed by atoms with Gasteiger partial charge in [-0.1, -0.05) is 17.7 Å². The molecule has 8 heteroatoms. The number of halogens is 1. The first-order valence-electron chi connectivity index (χ1n) is 7.49. The van der Waals surface area contributed by atoms with Crippen LogP contribution in [0, 0.1) is 6.92 Å². The predicted molar refractivity (Wildman–Crippen MR) is 95.5 cm³/mol. The van der Waals surface area contributed by atoms with Crippen LogP contribution in [0.2, 0.25) is 5.02 Å². The molecule has 1 saturated heterocycles. The molecular formula is C15H21ClN4O2S. The lowest BCUT2D eigenvalue weighted by Gasteiger charge is -2.15. The van der Waals surface area contributed by atoms with E-state index in [0.717, 1.165) is 30.7 Å². The lowest BCUT2D eigenvalue weighted by Crippen LogP contribution is -2.49. The molecule has 1 aromatic carbocycles. The summed E-state index contributed by atoms with van der Waals surface area (Å²) in [4.78, 5) is 11.8. The van der Waals surface area contributed by atoms with Crippen LogP contribution in [0.1, 0.15) is 18.4 Å². The van der Waals surface area contributed by atoms with Gasteiger partial charge in [0, 0.05) is 23.9 Å². The van der Waals surface area contributed by atoms with Crippen molar-refractivity contribution in [2.75, 3.05) is 25.0 Å². The molecule has 0 radical (unpaired) electrons. The van der Waals surface area contributed by atoms with Crippen LogP contribution in [0.5, 0.6) is 0 Å². The van der Waals surface area contributed by atoms with Gasteiger partial charge in [-0.05, 0) is 49.7 Å². The number of hydrazine groups is 1. The second-order valence-corrected chi connectivity index (χ2v) is 6.15. The van der Waals surface area contributed by atoms with Gasteiger partial charge in [-0.15, -0.1) is 0 Å². The molecule has 6 nitrogen and oxygen atoms in total. The Balaban J connectivity index is 1.62. The van der Waals surface area contributed by atoms with Crippen molar-refractivity contribution in [3.63, 3.8) is 0 Å². The number of aryl methyl sites for hydroxylation is 1. The Morgan fingerprint density at radius 1 is 1.43 bits per heavy atom. The number of benzene rings is 1. The van der Waals surface area contributed by atoms with Gasteiger partial charge >= 0.3 is 0 Å². The van der Waals surface area contributed by atoms with Gasteiger partial charge in [-0.3, -0.25) is 15.6 Å². The van der Waals surface area contributed by atoms with Gasteiger partial charge in [0.25, 0.3) is 5.91 Å². The third kappa shape index (κ3) is 6.21. The molecule has 2 rings (SSSR count). The van der Waals surface area contributed by atoms with Crippen molar-refractivity contribution in [3.05, 3.63) is 28.8 Å². The smallest absolute Gasteiger partial charge is 0.257 e. The molecule has 0 bridgehead atoms. The van der Waals surface area contributed by atoms with Gasteiger partial charge in [0.2, 0.25) is 0 Å². The molecule has 0 spiro atoms. The Morgan fingerprint density at radius 2 is 2.26 bits per heavy atom. The molecule has 0 saturated carbocycles. The number of ether oxygens (including phenoxy) is 1. The predicted octanol–water partition coefficient (Wildman–Crippen LogP) is 1.73. The summed E-state index contributed by atoms with van der Waals surface area (Å²) < 4.78 is 5.48. The van der Waals surface area contributed by atoms with E-state index in [0.29, 0.717) is 16.7 Å². The maximum absolute atomic E-state index is 11.8. The van der Waals surface area contributed by atoms with Crippen molar-refractivity contribution in [1.82, 2.24) is 16.2 Å². The summed E-state index contributed by atoms with van der Waals surface area (Å²) in [7, 11) is 0. The Bertz CT molecular complexity index is 564. The van der Waals surface area contributed by atoms with Crippen LogP contribution < -0.4 is 21.5 Å². The maximum atomic E-state index is 11.8. The third-order valence-electron chi connectivity index (χ3n) is 3.45. The molecule has 23 heavy (non-hydrogen) atoms. The molecule has 1 heterocycles. The van der Waals surface area contributed by atoms with Crippen LogP contribution in [0.4, 0.5) is 5.69 Å². The Kier molecular flexibility index (Phi) is 6.88. The van der Waals surface area contributed by atoms with E-state index in [1.54, 1.807) is 6.07 Å². The molecule has 0 aliphatic carbocycles. The number of hydrogen-bond acceptors (Lipinski definition) is 4. The lowest BCUT2D eigenvalue weighted by atomic mass is 10.2. The summed E-state index contributed by atoms with van der Waals surface area (Å²) in [5, 5.41) is 7.03. The highest BCUT2D eigenvalue weighted by Gasteiger charge is 2.15. The minimum atomic E-state index is -0.233. The zero-order valence-electron chi connectivity index (χ0n) is 12.9. The maximum Gasteiger partial charge on any atom is 0.257 e. The number of carbonyl (C=O) groups excluding carboxylic acids is 1. The fourth-order valence-corrected chi connectivity index (χ4v) is 2.43. The molecule has 1 aromatic rings. The van der Waals surface area contributed by atoms with Crippen molar-refractivity contribution in [2.24, 2.45) is 0 Å². The van der Waals surface area contributed by atoms with Crippen LogP contribution in [0.15, 0.2) is 18.2 Å². The zero-order valence-corrected chi connectivity index (χ0v) is 14.5. The second kappa shape index (κ2) is 8.90. The first-order chi connectivity index (χ1) is 11.0. The van der Waals surface area contributed by atoms with E-state index in [1.807, 2.05) is 19.1 Å². The third-order valence-corrected chi connectivity index (χ3v) is 4.11. The van der Waals surface area contributed by atoms with Gasteiger partial charge in [-0.25, -0.2) is 0 Å². The quantitative estimate of drug-likeness (QED) is 0.475. The number of rotatable bonds is 5. The Hall–Kier alpha value is -1.57. The molecule has 126 valence electrons. The Morgan fingerprint density at radius 3 is 2.96 bits per heavy atom. The SMILES string of the molecule is Cc1ccc(NCC(=O)NNC(=S)NCC2CCCO2)cc1Cl. The van der Waals surface area contributed by atoms with Crippen LogP contribution in [-0.2, 0) is 9.53 Å². The monoisotopic (exact) mass is 356 g/mol. The van der Waals surface area contributed by atoms with E-state index < -0.39 is 0 Å². The summed E-state index contributed by atoms with van der Waals surface area (Å²) in [5.74, 6) is -0.233. The van der Waals surface area contributed by atoms with Gasteiger partial charge in [0.15, 0.2) is 5.11 Å². The zero-order chi connectivity index (χ0) is 16.7. The van der Waals surface area contributed by atoms with Crippen LogP contribution >= 0.6 is 23.8 Å². The summed E-state index contributed by atoms with van der Waals surface area (Å²) in [6.45, 7) is 3.48. The van der Waals surface area contributed by atoms with Gasteiger partial charge in [-0.2, -0.15) is 0 Å². The molecule has 1 amide bonds. The first-order valence-corrected chi connectivity index (χ1v) is 8.27. The highest BCUT2D eigenvalue weighted by Crippen LogP contribution is 2.19. The van der Waals surface area contributed by atoms with Crippen molar-refractivity contribution in [1.29, 1.82) is 0 Å². The summed E-state index contributed by atoms with van der Waals surface area (Å²) in [5.41, 5.74) is 6.97. The molecule has 1 atom stereocenters. The lowest BCUT2D eigenvalue weighted by molar-refractivity contribution is -0.119. The number of hydrogen-bond donors (Lipinski definition) is 4. The summed E-state index contributed by atoms with van der Waals surface area (Å²) in [6, 6.07) is 5.55. The highest BCUT2D eigenvalue weighted by atomic mass is 35.5. The second-order valence-electron chi connectivity index (χ2n) is 5.34. The average Bonchev–Trinajstić information content (AvgIpc) is 3.05. The normalized spacial score (nSPS) is 16.7. The van der Waals surface area contributed by atoms with E-state index >= 15 is 0 Å². The molecule has 0 aromatic heterocycles. The number of amides is 1. The first kappa shape index (κ1) is 17.8. The average molecular weight is 357 g/mol. The van der Waals surface area contributed by atoms with Gasteiger partial charge in [0.1, 0.15) is 0 Å². The topological polar surface area (TPSA) is 74.4 Å². The van der Waals surface area contributed by atoms with E-state index in [2.05, 4.69) is 21.5 Å². The molecule has 4 N–H and O–H groups in total. The van der Waals surface area contributed by atoms with E-state index in [-0.39, 0.29) is 18.6 Å². The summed E-state index contributed by atoms with van der Waals surface area (Å²) >= 11 is 11.1. The molecule has 1 aliphatic rings. The highest BCUT2D eigenvalue weighted by molar-refractivity contribution is 7.80. The van der Waals surface area contributed by atoms with Crippen molar-refractivity contribution in [2.45, 2.75) is 25.9 Å². The standard InChI is InChI=1S/C15H21ClN4O2S/c1-10-4-5-11(7-13(10)16)17-9-14(21)19-20-15(23)18-8-12-3-2-6-22-12/h4-5,7,12,17H,2-3,6,8-9H2,1H3,(H,19,21)(H2,18,20,23).